The van der Waals surface area contributed by atoms with Gasteiger partial charge in [0.15, 0.2) is 0 Å². The number of hydrogen-bond acceptors (Lipinski definition) is 22. The first-order chi connectivity index (χ1) is 36.1. The van der Waals surface area contributed by atoms with E-state index in [9.17, 15) is 16.8 Å². The van der Waals surface area contributed by atoms with Crippen LogP contribution in [-0.2, 0) is 102 Å². The summed E-state index contributed by atoms with van der Waals surface area (Å²) in [7, 11) is -7.81. The van der Waals surface area contributed by atoms with Crippen molar-refractivity contribution in [3.05, 3.63) is 23.8 Å². The van der Waals surface area contributed by atoms with E-state index in [-0.39, 0.29) is 11.5 Å². The van der Waals surface area contributed by atoms with E-state index in [1.165, 1.54) is 0 Å². The van der Waals surface area contributed by atoms with Crippen LogP contribution < -0.4 is 9.47 Å². The van der Waals surface area contributed by atoms with Gasteiger partial charge in [-0.15, -0.1) is 0 Å². The van der Waals surface area contributed by atoms with Crippen LogP contribution in [0.3, 0.4) is 0 Å². The second kappa shape index (κ2) is 53.0. The zero-order valence-corrected chi connectivity index (χ0v) is 45.5. The number of benzene rings is 1. The minimum atomic E-state index is -3.90. The first-order valence-corrected chi connectivity index (χ1v) is 28.8. The lowest BCUT2D eigenvalue weighted by atomic mass is 10.1. The van der Waals surface area contributed by atoms with Crippen molar-refractivity contribution in [2.45, 2.75) is 39.0 Å². The van der Waals surface area contributed by atoms with Gasteiger partial charge in [-0.1, -0.05) is 13.0 Å². The van der Waals surface area contributed by atoms with Crippen molar-refractivity contribution in [2.24, 2.45) is 0 Å². The standard InChI is InChI=1S/C48H90O24S2/c1-2-46-7-8-47(71-41-39-69-37-35-67-33-31-65-29-27-63-25-23-61-21-19-59-17-15-57-13-11-55-9-3-5-43-73(49,50)51)45-48(46)72-42-40-70-38-36-68-34-32-66-30-28-64-26-24-62-22-20-60-18-16-58-14-12-56-10-4-6-44-74(52,53)54/h7-8,45H,2-6,9-44H2,1H3,(H,49,50,51)(H,52,53,54). The highest BCUT2D eigenvalue weighted by Gasteiger charge is 2.07. The zero-order chi connectivity index (χ0) is 53.6. The fraction of sp³-hybridized carbons (Fsp3) is 0.875. The van der Waals surface area contributed by atoms with Crippen LogP contribution in [0.2, 0.25) is 0 Å². The third kappa shape index (κ3) is 53.4. The first-order valence-electron chi connectivity index (χ1n) is 25.6. The van der Waals surface area contributed by atoms with Crippen LogP contribution in [0.1, 0.15) is 38.2 Å². The molecule has 0 fully saturated rings. The van der Waals surface area contributed by atoms with Gasteiger partial charge in [-0.25, -0.2) is 0 Å². The van der Waals surface area contributed by atoms with E-state index in [4.69, 9.17) is 94.4 Å². The lowest BCUT2D eigenvalue weighted by molar-refractivity contribution is -0.0237. The van der Waals surface area contributed by atoms with Crippen molar-refractivity contribution in [2.75, 3.05) is 236 Å². The normalized spacial score (nSPS) is 12.0. The summed E-state index contributed by atoms with van der Waals surface area (Å²) in [6.07, 6.45) is 2.65. The Morgan fingerprint density at radius 3 is 0.784 bits per heavy atom. The monoisotopic (exact) mass is 1110 g/mol. The average molecular weight is 1120 g/mol. The van der Waals surface area contributed by atoms with E-state index in [1.807, 2.05) is 18.2 Å². The van der Waals surface area contributed by atoms with Gasteiger partial charge in [-0.2, -0.15) is 16.8 Å². The number of rotatable bonds is 61. The summed E-state index contributed by atoms with van der Waals surface area (Å²) in [4.78, 5) is 0. The molecule has 0 aliphatic heterocycles. The highest BCUT2D eigenvalue weighted by molar-refractivity contribution is 7.86. The van der Waals surface area contributed by atoms with Gasteiger partial charge in [0.05, 0.1) is 210 Å². The van der Waals surface area contributed by atoms with E-state index < -0.39 is 20.2 Å². The molecule has 0 spiro atoms. The molecule has 1 aromatic carbocycles. The molecule has 0 saturated carbocycles. The highest BCUT2D eigenvalue weighted by atomic mass is 32.2. The molecule has 26 heteroatoms. The quantitative estimate of drug-likeness (QED) is 0.0701. The first kappa shape index (κ1) is 70.0. The average Bonchev–Trinajstić information content (AvgIpc) is 3.37. The zero-order valence-electron chi connectivity index (χ0n) is 43.9. The molecule has 1 aromatic rings. The maximum atomic E-state index is 10.6. The molecule has 0 radical (unpaired) electrons. The third-order valence-corrected chi connectivity index (χ3v) is 11.1. The third-order valence-electron chi connectivity index (χ3n) is 9.49. The Kier molecular flexibility index (Phi) is 50.2. The van der Waals surface area contributed by atoms with Gasteiger partial charge in [-0.05, 0) is 43.7 Å². The molecule has 0 unspecified atom stereocenters. The smallest absolute Gasteiger partial charge is 0.264 e. The molecule has 1 rings (SSSR count). The Hall–Kier alpha value is -2.00. The van der Waals surface area contributed by atoms with Gasteiger partial charge in [0.25, 0.3) is 20.2 Å². The van der Waals surface area contributed by atoms with E-state index >= 15 is 0 Å². The van der Waals surface area contributed by atoms with Crippen LogP contribution >= 0.6 is 0 Å². The van der Waals surface area contributed by atoms with Gasteiger partial charge in [0.2, 0.25) is 0 Å². The summed E-state index contributed by atoms with van der Waals surface area (Å²) in [6.45, 7) is 17.1. The maximum Gasteiger partial charge on any atom is 0.264 e. The van der Waals surface area contributed by atoms with Gasteiger partial charge in [0, 0.05) is 19.3 Å². The fourth-order valence-electron chi connectivity index (χ4n) is 5.74. The summed E-state index contributed by atoms with van der Waals surface area (Å²) >= 11 is 0. The van der Waals surface area contributed by atoms with Crippen LogP contribution in [0.5, 0.6) is 11.5 Å². The minimum absolute atomic E-state index is 0.251. The summed E-state index contributed by atoms with van der Waals surface area (Å²) < 4.78 is 160. The fourth-order valence-corrected chi connectivity index (χ4v) is 6.88. The van der Waals surface area contributed by atoms with Crippen LogP contribution in [0, 0.1) is 0 Å². The molecule has 74 heavy (non-hydrogen) atoms. The number of ether oxygens (including phenoxy) is 18. The Bertz CT molecular complexity index is 1560. The predicted octanol–water partition coefficient (Wildman–Crippen LogP) is 2.61. The van der Waals surface area contributed by atoms with E-state index in [0.717, 1.165) is 17.7 Å². The lowest BCUT2D eigenvalue weighted by Crippen LogP contribution is -2.15. The Morgan fingerprint density at radius 2 is 0.541 bits per heavy atom. The molecule has 0 bridgehead atoms. The molecule has 0 aliphatic carbocycles. The Labute approximate surface area is 440 Å². The molecule has 0 amide bonds. The molecule has 438 valence electrons. The van der Waals surface area contributed by atoms with Crippen molar-refractivity contribution in [3.63, 3.8) is 0 Å². The van der Waals surface area contributed by atoms with Crippen molar-refractivity contribution in [3.8, 4) is 11.5 Å². The van der Waals surface area contributed by atoms with Gasteiger partial charge >= 0.3 is 0 Å². The van der Waals surface area contributed by atoms with Crippen LogP contribution in [-0.4, -0.2) is 262 Å². The van der Waals surface area contributed by atoms with E-state index in [2.05, 4.69) is 6.92 Å². The van der Waals surface area contributed by atoms with Crippen molar-refractivity contribution < 1.29 is 111 Å². The SMILES string of the molecule is CCc1ccc(OCCOCCOCCOCCOCCOCCOCCOCCOCCCCS(=O)(=O)O)cc1OCCOCCOCCOCCOCCOCCOCCOCCOCCCCS(=O)(=O)O. The molecule has 24 nitrogen and oxygen atoms in total. The van der Waals surface area contributed by atoms with E-state index in [1.54, 1.807) is 0 Å². The van der Waals surface area contributed by atoms with E-state index in [0.29, 0.717) is 256 Å². The second-order valence-corrected chi connectivity index (χ2v) is 18.7. The summed E-state index contributed by atoms with van der Waals surface area (Å²) in [6, 6.07) is 5.82. The topological polar surface area (TPSA) is 275 Å². The molecule has 0 heterocycles. The Balaban J connectivity index is 1.81. The van der Waals surface area contributed by atoms with Crippen molar-refractivity contribution in [1.29, 1.82) is 0 Å². The largest absolute Gasteiger partial charge is 0.491 e. The van der Waals surface area contributed by atoms with Gasteiger partial charge in [-0.3, -0.25) is 9.11 Å². The lowest BCUT2D eigenvalue weighted by Gasteiger charge is -2.14. The molecule has 0 atom stereocenters. The minimum Gasteiger partial charge on any atom is -0.491 e. The summed E-state index contributed by atoms with van der Waals surface area (Å²) in [5.74, 6) is 0.962. The summed E-state index contributed by atoms with van der Waals surface area (Å²) in [5.41, 5.74) is 1.08. The number of hydrogen-bond donors (Lipinski definition) is 2. The van der Waals surface area contributed by atoms with Crippen molar-refractivity contribution >= 4 is 20.2 Å². The van der Waals surface area contributed by atoms with Gasteiger partial charge < -0.3 is 85.3 Å². The molecule has 0 aliphatic rings. The second-order valence-electron chi connectivity index (χ2n) is 15.6. The molecule has 2 N–H and O–H groups in total. The molecular weight excluding hydrogens is 1020 g/mol. The van der Waals surface area contributed by atoms with Gasteiger partial charge in [0.1, 0.15) is 24.7 Å². The summed E-state index contributed by atoms with van der Waals surface area (Å²) in [5, 5.41) is 0. The maximum absolute atomic E-state index is 10.6. The number of aryl methyl sites for hydroxylation is 1. The molecular formula is C48H90O24S2. The number of unbranched alkanes of at least 4 members (excludes halogenated alkanes) is 2. The van der Waals surface area contributed by atoms with Crippen LogP contribution in [0.25, 0.3) is 0 Å². The predicted molar refractivity (Wildman–Crippen MR) is 271 cm³/mol. The highest BCUT2D eigenvalue weighted by Crippen LogP contribution is 2.25. The van der Waals surface area contributed by atoms with Crippen LogP contribution in [0.4, 0.5) is 0 Å². The Morgan fingerprint density at radius 1 is 0.311 bits per heavy atom. The molecule has 0 saturated heterocycles. The van der Waals surface area contributed by atoms with Crippen molar-refractivity contribution in [1.82, 2.24) is 0 Å². The molecule has 0 aromatic heterocycles. The van der Waals surface area contributed by atoms with Crippen LogP contribution in [0.15, 0.2) is 18.2 Å².